The third kappa shape index (κ3) is 2.74. The normalized spacial score (nSPS) is 17.0. The van der Waals surface area contributed by atoms with Gasteiger partial charge in [0.15, 0.2) is 11.2 Å². The van der Waals surface area contributed by atoms with E-state index in [2.05, 4.69) is 15.3 Å². The molecule has 4 aromatic rings. The topological polar surface area (TPSA) is 89.6 Å². The second-order valence-electron chi connectivity index (χ2n) is 7.58. The molecular formula is C20H21ClN6O2. The Bertz CT molecular complexity index is 1370. The van der Waals surface area contributed by atoms with Crippen LogP contribution >= 0.6 is 11.6 Å². The number of aromatic nitrogens is 5. The molecule has 1 fully saturated rings. The molecule has 0 radical (unpaired) electrons. The quantitative estimate of drug-likeness (QED) is 0.539. The van der Waals surface area contributed by atoms with Gasteiger partial charge in [-0.05, 0) is 37.6 Å². The summed E-state index contributed by atoms with van der Waals surface area (Å²) in [5, 5.41) is 4.90. The van der Waals surface area contributed by atoms with E-state index in [1.807, 2.05) is 35.9 Å². The van der Waals surface area contributed by atoms with E-state index in [9.17, 15) is 9.59 Å². The van der Waals surface area contributed by atoms with E-state index < -0.39 is 5.69 Å². The highest BCUT2D eigenvalue weighted by Crippen LogP contribution is 2.25. The summed E-state index contributed by atoms with van der Waals surface area (Å²) in [5.74, 6) is 0.791. The standard InChI is InChI=1S/C20H21ClN6O2/c1-25-16-18(24-17(25)15-7-4-8-22-15)26(2)20(29)27(19(16)28)10-11-9-12-13(21)5-3-6-14(12)23-11/h3,5-6,9,15,22-23H,4,7-8,10H2,1-2H3. The smallest absolute Gasteiger partial charge is 0.332 e. The summed E-state index contributed by atoms with van der Waals surface area (Å²) >= 11 is 6.25. The molecule has 2 N–H and O–H groups in total. The van der Waals surface area contributed by atoms with Gasteiger partial charge >= 0.3 is 5.69 Å². The van der Waals surface area contributed by atoms with Crippen LogP contribution < -0.4 is 16.6 Å². The third-order valence-corrected chi connectivity index (χ3v) is 6.09. The summed E-state index contributed by atoms with van der Waals surface area (Å²) in [6, 6.07) is 7.57. The van der Waals surface area contributed by atoms with Crippen molar-refractivity contribution in [1.29, 1.82) is 0 Å². The molecular weight excluding hydrogens is 392 g/mol. The Morgan fingerprint density at radius 1 is 1.24 bits per heavy atom. The Morgan fingerprint density at radius 2 is 2.07 bits per heavy atom. The number of fused-ring (bicyclic) bond motifs is 2. The van der Waals surface area contributed by atoms with Crippen LogP contribution in [0.1, 0.15) is 30.4 Å². The van der Waals surface area contributed by atoms with Crippen molar-refractivity contribution in [3.63, 3.8) is 0 Å². The van der Waals surface area contributed by atoms with Crippen LogP contribution in [-0.4, -0.2) is 30.2 Å². The molecule has 8 nitrogen and oxygen atoms in total. The van der Waals surface area contributed by atoms with Crippen LogP contribution in [0, 0.1) is 0 Å². The van der Waals surface area contributed by atoms with Gasteiger partial charge < -0.3 is 14.9 Å². The van der Waals surface area contributed by atoms with E-state index in [1.165, 1.54) is 9.13 Å². The molecule has 1 saturated heterocycles. The number of imidazole rings is 1. The molecule has 3 aromatic heterocycles. The van der Waals surface area contributed by atoms with Gasteiger partial charge in [0.05, 0.1) is 12.6 Å². The summed E-state index contributed by atoms with van der Waals surface area (Å²) in [7, 11) is 3.49. The van der Waals surface area contributed by atoms with Gasteiger partial charge in [-0.1, -0.05) is 17.7 Å². The molecule has 1 unspecified atom stereocenters. The highest BCUT2D eigenvalue weighted by atomic mass is 35.5. The first-order valence-corrected chi connectivity index (χ1v) is 9.99. The Kier molecular flexibility index (Phi) is 4.15. The molecule has 150 valence electrons. The SMILES string of the molecule is Cn1c(C2CCCN2)nc2c1c(=O)n(Cc1cc3c(Cl)cccc3[nH]1)c(=O)n2C. The van der Waals surface area contributed by atoms with Gasteiger partial charge in [0.25, 0.3) is 5.56 Å². The zero-order valence-corrected chi connectivity index (χ0v) is 17.0. The second-order valence-corrected chi connectivity index (χ2v) is 7.99. The van der Waals surface area contributed by atoms with E-state index in [-0.39, 0.29) is 18.1 Å². The van der Waals surface area contributed by atoms with Crippen molar-refractivity contribution < 1.29 is 0 Å². The second kappa shape index (κ2) is 6.60. The molecule has 9 heteroatoms. The van der Waals surface area contributed by atoms with Crippen molar-refractivity contribution in [2.75, 3.05) is 6.54 Å². The number of hydrogen-bond acceptors (Lipinski definition) is 4. The van der Waals surface area contributed by atoms with Crippen molar-refractivity contribution in [3.05, 3.63) is 61.6 Å². The highest BCUT2D eigenvalue weighted by Gasteiger charge is 2.25. The van der Waals surface area contributed by atoms with E-state index >= 15 is 0 Å². The number of aryl methyl sites for hydroxylation is 2. The molecule has 1 aliphatic heterocycles. The summed E-state index contributed by atoms with van der Waals surface area (Å²) in [5.41, 5.74) is 1.73. The first-order valence-electron chi connectivity index (χ1n) is 9.61. The van der Waals surface area contributed by atoms with Crippen molar-refractivity contribution in [2.45, 2.75) is 25.4 Å². The molecule has 0 saturated carbocycles. The number of rotatable bonds is 3. The number of H-pyrrole nitrogens is 1. The van der Waals surface area contributed by atoms with Gasteiger partial charge in [-0.3, -0.25) is 13.9 Å². The molecule has 4 heterocycles. The van der Waals surface area contributed by atoms with E-state index in [1.54, 1.807) is 7.05 Å². The molecule has 1 aromatic carbocycles. The maximum absolute atomic E-state index is 13.3. The van der Waals surface area contributed by atoms with Crippen molar-refractivity contribution in [3.8, 4) is 0 Å². The fourth-order valence-corrected chi connectivity index (χ4v) is 4.48. The van der Waals surface area contributed by atoms with Gasteiger partial charge in [-0.25, -0.2) is 9.78 Å². The number of benzene rings is 1. The van der Waals surface area contributed by atoms with Crippen LogP contribution in [0.5, 0.6) is 0 Å². The summed E-state index contributed by atoms with van der Waals surface area (Å²) < 4.78 is 4.51. The Balaban J connectivity index is 1.67. The van der Waals surface area contributed by atoms with Crippen LogP contribution in [-0.2, 0) is 20.6 Å². The van der Waals surface area contributed by atoms with Gasteiger partial charge in [0.1, 0.15) is 5.82 Å². The molecule has 0 aliphatic carbocycles. The van der Waals surface area contributed by atoms with Crippen LogP contribution in [0.2, 0.25) is 5.02 Å². The van der Waals surface area contributed by atoms with E-state index in [0.717, 1.165) is 41.8 Å². The van der Waals surface area contributed by atoms with Crippen LogP contribution in [0.4, 0.5) is 0 Å². The molecule has 29 heavy (non-hydrogen) atoms. The Hall–Kier alpha value is -2.84. The lowest BCUT2D eigenvalue weighted by Crippen LogP contribution is -2.39. The van der Waals surface area contributed by atoms with Gasteiger partial charge in [-0.15, -0.1) is 0 Å². The molecule has 1 aliphatic rings. The Morgan fingerprint density at radius 3 is 2.79 bits per heavy atom. The van der Waals surface area contributed by atoms with Crippen molar-refractivity contribution in [1.82, 2.24) is 29.0 Å². The average molecular weight is 413 g/mol. The fraction of sp³-hybridized carbons (Fsp3) is 0.350. The van der Waals surface area contributed by atoms with Crippen LogP contribution in [0.25, 0.3) is 22.1 Å². The lowest BCUT2D eigenvalue weighted by Gasteiger charge is -2.10. The lowest BCUT2D eigenvalue weighted by atomic mass is 10.2. The maximum Gasteiger partial charge on any atom is 0.332 e. The average Bonchev–Trinajstić information content (AvgIpc) is 3.42. The molecule has 0 amide bonds. The zero-order valence-electron chi connectivity index (χ0n) is 16.2. The highest BCUT2D eigenvalue weighted by molar-refractivity contribution is 6.35. The van der Waals surface area contributed by atoms with Crippen LogP contribution in [0.3, 0.4) is 0 Å². The van der Waals surface area contributed by atoms with Crippen LogP contribution in [0.15, 0.2) is 33.9 Å². The minimum absolute atomic E-state index is 0.103. The zero-order chi connectivity index (χ0) is 20.3. The number of nitrogens with zero attached hydrogens (tertiary/aromatic N) is 4. The largest absolute Gasteiger partial charge is 0.357 e. The number of aromatic amines is 1. The lowest BCUT2D eigenvalue weighted by molar-refractivity contribution is 0.583. The van der Waals surface area contributed by atoms with Gasteiger partial charge in [0.2, 0.25) is 0 Å². The minimum Gasteiger partial charge on any atom is -0.357 e. The minimum atomic E-state index is -0.392. The molecule has 0 spiro atoms. The van der Waals surface area contributed by atoms with E-state index in [4.69, 9.17) is 11.6 Å². The van der Waals surface area contributed by atoms with Crippen molar-refractivity contribution >= 4 is 33.7 Å². The predicted molar refractivity (Wildman–Crippen MR) is 113 cm³/mol. The molecule has 1 atom stereocenters. The predicted octanol–water partition coefficient (Wildman–Crippen LogP) is 2.04. The number of hydrogen-bond donors (Lipinski definition) is 2. The molecule has 5 rings (SSSR count). The summed E-state index contributed by atoms with van der Waals surface area (Å²) in [6.07, 6.45) is 2.04. The monoisotopic (exact) mass is 412 g/mol. The number of halogens is 1. The third-order valence-electron chi connectivity index (χ3n) is 5.76. The summed E-state index contributed by atoms with van der Waals surface area (Å²) in [6.45, 7) is 1.06. The van der Waals surface area contributed by atoms with Gasteiger partial charge in [-0.2, -0.15) is 0 Å². The van der Waals surface area contributed by atoms with Gasteiger partial charge in [0, 0.05) is 35.7 Å². The Labute approximate surface area is 170 Å². The first kappa shape index (κ1) is 18.2. The molecule has 0 bridgehead atoms. The van der Waals surface area contributed by atoms with E-state index in [0.29, 0.717) is 16.2 Å². The maximum atomic E-state index is 13.3. The summed E-state index contributed by atoms with van der Waals surface area (Å²) in [4.78, 5) is 34.1. The van der Waals surface area contributed by atoms with Crippen molar-refractivity contribution in [2.24, 2.45) is 14.1 Å². The first-order chi connectivity index (χ1) is 14.0. The fourth-order valence-electron chi connectivity index (χ4n) is 4.25. The number of nitrogens with one attached hydrogen (secondary N) is 2.